The number of carbonyl (C=O) groups is 1. The first kappa shape index (κ1) is 12.7. The Morgan fingerprint density at radius 3 is 2.11 bits per heavy atom. The maximum atomic E-state index is 12.2. The second-order valence-corrected chi connectivity index (χ2v) is 5.08. The second-order valence-electron chi connectivity index (χ2n) is 3.60. The van der Waals surface area contributed by atoms with Crippen molar-refractivity contribution in [3.8, 4) is 0 Å². The number of hydrogen-bond acceptors (Lipinski definition) is 3. The minimum absolute atomic E-state index is 0.396. The summed E-state index contributed by atoms with van der Waals surface area (Å²) in [4.78, 5) is 12.7. The second kappa shape index (κ2) is 5.71. The number of benzene rings is 2. The van der Waals surface area contributed by atoms with Crippen molar-refractivity contribution in [2.24, 2.45) is 0 Å². The summed E-state index contributed by atoms with van der Waals surface area (Å²) in [5, 5.41) is 0. The Morgan fingerprint density at radius 2 is 1.56 bits per heavy atom. The lowest BCUT2D eigenvalue weighted by molar-refractivity contribution is 0.0600. The lowest BCUT2D eigenvalue weighted by Crippen LogP contribution is -2.04. The topological polar surface area (TPSA) is 49.4 Å². The molecule has 2 aromatic carbocycles. The van der Waals surface area contributed by atoms with Crippen LogP contribution < -0.4 is 0 Å². The normalized spacial score (nSPS) is 11.9. The molecule has 0 aromatic heterocycles. The van der Waals surface area contributed by atoms with Gasteiger partial charge in [-0.3, -0.25) is 0 Å². The Labute approximate surface area is 109 Å². The number of esters is 1. The van der Waals surface area contributed by atoms with E-state index in [1.165, 1.54) is 7.11 Å². The molecule has 92 valence electrons. The van der Waals surface area contributed by atoms with Gasteiger partial charge in [-0.1, -0.05) is 18.2 Å². The highest BCUT2D eigenvalue weighted by Gasteiger charge is 2.15. The molecule has 1 atom stereocenters. The number of carbonyl (C=O) groups excluding carboxylic acids is 1. The highest BCUT2D eigenvalue weighted by atomic mass is 32.2. The SMILES string of the molecule is COC(=O)c1ccc([S+]([O-])c2ccccc2)cc1. The fourth-order valence-corrected chi connectivity index (χ4v) is 2.57. The summed E-state index contributed by atoms with van der Waals surface area (Å²) in [6.45, 7) is 0. The molecule has 2 aromatic rings. The number of ether oxygens (including phenoxy) is 1. The summed E-state index contributed by atoms with van der Waals surface area (Å²) < 4.78 is 16.8. The van der Waals surface area contributed by atoms with Crippen molar-refractivity contribution < 1.29 is 14.1 Å². The van der Waals surface area contributed by atoms with Gasteiger partial charge in [0.2, 0.25) is 0 Å². The number of hydrogen-bond donors (Lipinski definition) is 0. The highest BCUT2D eigenvalue weighted by molar-refractivity contribution is 7.91. The molecular formula is C14H12O3S. The van der Waals surface area contributed by atoms with Gasteiger partial charge in [0.05, 0.1) is 12.7 Å². The van der Waals surface area contributed by atoms with Crippen LogP contribution in [0.1, 0.15) is 10.4 Å². The van der Waals surface area contributed by atoms with Gasteiger partial charge in [-0.05, 0) is 36.4 Å². The minimum atomic E-state index is -1.22. The van der Waals surface area contributed by atoms with Gasteiger partial charge in [0.25, 0.3) is 0 Å². The van der Waals surface area contributed by atoms with Crippen molar-refractivity contribution in [3.63, 3.8) is 0 Å². The largest absolute Gasteiger partial charge is 0.606 e. The van der Waals surface area contributed by atoms with Crippen LogP contribution in [0, 0.1) is 0 Å². The molecule has 3 nitrogen and oxygen atoms in total. The molecule has 1 unspecified atom stereocenters. The molecule has 0 fully saturated rings. The van der Waals surface area contributed by atoms with E-state index in [0.29, 0.717) is 10.5 Å². The summed E-state index contributed by atoms with van der Waals surface area (Å²) in [5.41, 5.74) is 0.450. The maximum absolute atomic E-state index is 12.2. The Hall–Kier alpha value is -1.78. The predicted octanol–water partition coefficient (Wildman–Crippen LogP) is 2.64. The van der Waals surface area contributed by atoms with E-state index in [9.17, 15) is 9.35 Å². The summed E-state index contributed by atoms with van der Waals surface area (Å²) in [5.74, 6) is -0.396. The first-order valence-electron chi connectivity index (χ1n) is 5.37. The zero-order chi connectivity index (χ0) is 13.0. The van der Waals surface area contributed by atoms with Crippen molar-refractivity contribution >= 4 is 17.1 Å². The fourth-order valence-electron chi connectivity index (χ4n) is 1.51. The molecule has 0 heterocycles. The van der Waals surface area contributed by atoms with Crippen LogP contribution in [0.25, 0.3) is 0 Å². The van der Waals surface area contributed by atoms with Gasteiger partial charge in [-0.25, -0.2) is 4.79 Å². The summed E-state index contributed by atoms with van der Waals surface area (Å²) in [6, 6.07) is 15.8. The molecule has 0 radical (unpaired) electrons. The fraction of sp³-hybridized carbons (Fsp3) is 0.0714. The average molecular weight is 260 g/mol. The van der Waals surface area contributed by atoms with Crippen LogP contribution in [0.3, 0.4) is 0 Å². The summed E-state index contributed by atoms with van der Waals surface area (Å²) >= 11 is -1.22. The lowest BCUT2D eigenvalue weighted by Gasteiger charge is -2.09. The first-order valence-corrected chi connectivity index (χ1v) is 6.52. The van der Waals surface area contributed by atoms with Crippen molar-refractivity contribution in [2.75, 3.05) is 7.11 Å². The van der Waals surface area contributed by atoms with E-state index < -0.39 is 17.1 Å². The van der Waals surface area contributed by atoms with Crippen LogP contribution in [0.4, 0.5) is 0 Å². The van der Waals surface area contributed by atoms with Gasteiger partial charge >= 0.3 is 5.97 Å². The molecular weight excluding hydrogens is 248 g/mol. The van der Waals surface area contributed by atoms with Crippen LogP contribution in [-0.2, 0) is 15.9 Å². The van der Waals surface area contributed by atoms with Crippen molar-refractivity contribution in [1.82, 2.24) is 0 Å². The van der Waals surface area contributed by atoms with Crippen molar-refractivity contribution in [1.29, 1.82) is 0 Å². The van der Waals surface area contributed by atoms with Crippen LogP contribution >= 0.6 is 0 Å². The van der Waals surface area contributed by atoms with Crippen molar-refractivity contribution in [3.05, 3.63) is 60.2 Å². The minimum Gasteiger partial charge on any atom is -0.606 e. The number of rotatable bonds is 3. The zero-order valence-electron chi connectivity index (χ0n) is 9.83. The Balaban J connectivity index is 2.22. The van der Waals surface area contributed by atoms with E-state index in [1.54, 1.807) is 24.3 Å². The van der Waals surface area contributed by atoms with Crippen LogP contribution in [-0.4, -0.2) is 17.6 Å². The quantitative estimate of drug-likeness (QED) is 0.629. The Morgan fingerprint density at radius 1 is 1.00 bits per heavy atom. The average Bonchev–Trinajstić information content (AvgIpc) is 2.47. The third-order valence-corrected chi connectivity index (χ3v) is 3.85. The monoisotopic (exact) mass is 260 g/mol. The zero-order valence-corrected chi connectivity index (χ0v) is 10.6. The molecule has 0 saturated carbocycles. The lowest BCUT2D eigenvalue weighted by atomic mass is 10.2. The van der Waals surface area contributed by atoms with Crippen LogP contribution in [0.5, 0.6) is 0 Å². The molecule has 18 heavy (non-hydrogen) atoms. The van der Waals surface area contributed by atoms with E-state index >= 15 is 0 Å². The Kier molecular flexibility index (Phi) is 4.02. The molecule has 0 aliphatic rings. The van der Waals surface area contributed by atoms with Gasteiger partial charge in [0.15, 0.2) is 9.79 Å². The van der Waals surface area contributed by atoms with Crippen LogP contribution in [0.15, 0.2) is 64.4 Å². The van der Waals surface area contributed by atoms with E-state index in [2.05, 4.69) is 4.74 Å². The van der Waals surface area contributed by atoms with Crippen LogP contribution in [0.2, 0.25) is 0 Å². The van der Waals surface area contributed by atoms with Gasteiger partial charge < -0.3 is 9.29 Å². The highest BCUT2D eigenvalue weighted by Crippen LogP contribution is 2.20. The van der Waals surface area contributed by atoms with Gasteiger partial charge in [0.1, 0.15) is 0 Å². The molecule has 0 bridgehead atoms. The predicted molar refractivity (Wildman–Crippen MR) is 68.9 cm³/mol. The first-order chi connectivity index (χ1) is 8.72. The standard InChI is InChI=1S/C14H12O3S/c1-17-14(15)11-7-9-13(10-8-11)18(16)12-5-3-2-4-6-12/h2-10H,1H3. The van der Waals surface area contributed by atoms with E-state index in [1.807, 2.05) is 30.3 Å². The smallest absolute Gasteiger partial charge is 0.337 e. The molecule has 0 saturated heterocycles. The van der Waals surface area contributed by atoms with E-state index in [4.69, 9.17) is 0 Å². The third kappa shape index (κ3) is 2.72. The molecule has 0 aliphatic heterocycles. The molecule has 0 N–H and O–H groups in total. The van der Waals surface area contributed by atoms with Gasteiger partial charge in [-0.15, -0.1) is 0 Å². The van der Waals surface area contributed by atoms with Crippen molar-refractivity contribution in [2.45, 2.75) is 9.79 Å². The van der Waals surface area contributed by atoms with Gasteiger partial charge in [0, 0.05) is 11.2 Å². The van der Waals surface area contributed by atoms with Gasteiger partial charge in [-0.2, -0.15) is 0 Å². The maximum Gasteiger partial charge on any atom is 0.337 e. The number of methoxy groups -OCH3 is 1. The molecule has 0 aliphatic carbocycles. The van der Waals surface area contributed by atoms with E-state index in [0.717, 1.165) is 4.90 Å². The Bertz CT molecular complexity index is 522. The third-order valence-electron chi connectivity index (χ3n) is 2.45. The molecule has 2 rings (SSSR count). The molecule has 4 heteroatoms. The summed E-state index contributed by atoms with van der Waals surface area (Å²) in [6.07, 6.45) is 0. The van der Waals surface area contributed by atoms with E-state index in [-0.39, 0.29) is 0 Å². The molecule has 0 amide bonds. The summed E-state index contributed by atoms with van der Waals surface area (Å²) in [7, 11) is 1.33. The molecule has 0 spiro atoms.